The van der Waals surface area contributed by atoms with Crippen molar-refractivity contribution in [1.29, 1.82) is 0 Å². The lowest BCUT2D eigenvalue weighted by atomic mass is 9.91. The van der Waals surface area contributed by atoms with Gasteiger partial charge >= 0.3 is 0 Å². The number of benzene rings is 3. The third-order valence-corrected chi connectivity index (χ3v) is 8.52. The number of aliphatic hydroxyl groups excluding tert-OH is 1. The van der Waals surface area contributed by atoms with E-state index in [1.54, 1.807) is 35.2 Å². The van der Waals surface area contributed by atoms with Crippen molar-refractivity contribution in [3.63, 3.8) is 0 Å². The molecule has 3 aromatic carbocycles. The predicted octanol–water partition coefficient (Wildman–Crippen LogP) is 6.17. The fraction of sp³-hybridized carbons (Fsp3) is 0.276. The SMILES string of the molecule is Cc1nnc(SC[C@@H]2O[C@H](c3cccc(NC(=O)c4ccccc4)c3)O[C@H](c3ccc(CO)cc3)[C@@H]2C)s1. The van der Waals surface area contributed by atoms with Crippen LogP contribution in [0.5, 0.6) is 0 Å². The first-order valence-electron chi connectivity index (χ1n) is 12.4. The number of carbonyl (C=O) groups is 1. The minimum atomic E-state index is -0.621. The number of carbonyl (C=O) groups excluding carboxylic acids is 1. The number of aliphatic hydroxyl groups is 1. The molecule has 9 heteroatoms. The zero-order valence-electron chi connectivity index (χ0n) is 21.1. The number of hydrogen-bond donors (Lipinski definition) is 2. The molecular formula is C29H29N3O4S2. The van der Waals surface area contributed by atoms with Gasteiger partial charge < -0.3 is 19.9 Å². The lowest BCUT2D eigenvalue weighted by Crippen LogP contribution is -2.38. The van der Waals surface area contributed by atoms with Gasteiger partial charge in [0, 0.05) is 28.5 Å². The van der Waals surface area contributed by atoms with Crippen molar-refractivity contribution in [2.24, 2.45) is 5.92 Å². The Morgan fingerprint density at radius 1 is 1.00 bits per heavy atom. The van der Waals surface area contributed by atoms with E-state index in [0.717, 1.165) is 26.0 Å². The summed E-state index contributed by atoms with van der Waals surface area (Å²) in [5.74, 6) is 0.588. The van der Waals surface area contributed by atoms with Crippen LogP contribution in [0.4, 0.5) is 5.69 Å². The second kappa shape index (κ2) is 12.2. The summed E-state index contributed by atoms with van der Waals surface area (Å²) in [5, 5.41) is 21.7. The average Bonchev–Trinajstić information content (AvgIpc) is 3.38. The van der Waals surface area contributed by atoms with Crippen molar-refractivity contribution in [3.05, 3.63) is 106 Å². The molecule has 4 aromatic rings. The monoisotopic (exact) mass is 547 g/mol. The number of nitrogens with one attached hydrogen (secondary N) is 1. The Labute approximate surface area is 230 Å². The number of rotatable bonds is 8. The van der Waals surface area contributed by atoms with Crippen LogP contribution in [0.3, 0.4) is 0 Å². The molecule has 7 nitrogen and oxygen atoms in total. The first-order chi connectivity index (χ1) is 18.5. The number of thioether (sulfide) groups is 1. The van der Waals surface area contributed by atoms with Gasteiger partial charge in [0.1, 0.15) is 5.01 Å². The van der Waals surface area contributed by atoms with E-state index in [-0.39, 0.29) is 30.6 Å². The van der Waals surface area contributed by atoms with E-state index in [1.807, 2.05) is 73.7 Å². The van der Waals surface area contributed by atoms with Gasteiger partial charge in [-0.05, 0) is 42.3 Å². The van der Waals surface area contributed by atoms with Crippen molar-refractivity contribution in [2.75, 3.05) is 11.1 Å². The number of nitrogens with zero attached hydrogens (tertiary/aromatic N) is 2. The number of aromatic nitrogens is 2. The average molecular weight is 548 g/mol. The van der Waals surface area contributed by atoms with Gasteiger partial charge in [-0.3, -0.25) is 4.79 Å². The van der Waals surface area contributed by atoms with Crippen LogP contribution in [0.2, 0.25) is 0 Å². The molecule has 0 radical (unpaired) electrons. The molecule has 1 saturated heterocycles. The molecule has 2 N–H and O–H groups in total. The Morgan fingerprint density at radius 3 is 2.50 bits per heavy atom. The molecule has 2 heterocycles. The van der Waals surface area contributed by atoms with Crippen LogP contribution < -0.4 is 5.32 Å². The normalized spacial score (nSPS) is 21.2. The Hall–Kier alpha value is -3.08. The molecule has 1 aromatic heterocycles. The third-order valence-electron chi connectivity index (χ3n) is 6.45. The van der Waals surface area contributed by atoms with E-state index >= 15 is 0 Å². The maximum absolute atomic E-state index is 12.7. The van der Waals surface area contributed by atoms with Gasteiger partial charge in [0.2, 0.25) is 0 Å². The molecule has 1 aliphatic rings. The van der Waals surface area contributed by atoms with Crippen molar-refractivity contribution in [2.45, 2.75) is 43.3 Å². The molecule has 0 saturated carbocycles. The van der Waals surface area contributed by atoms with Crippen LogP contribution in [0, 0.1) is 12.8 Å². The fourth-order valence-electron chi connectivity index (χ4n) is 4.36. The highest BCUT2D eigenvalue weighted by molar-refractivity contribution is 8.01. The maximum atomic E-state index is 12.7. The fourth-order valence-corrected chi connectivity index (χ4v) is 6.36. The van der Waals surface area contributed by atoms with Gasteiger partial charge in [-0.25, -0.2) is 0 Å². The van der Waals surface area contributed by atoms with Crippen LogP contribution in [0.25, 0.3) is 0 Å². The zero-order valence-corrected chi connectivity index (χ0v) is 22.7. The summed E-state index contributed by atoms with van der Waals surface area (Å²) < 4.78 is 14.0. The minimum absolute atomic E-state index is 0.00484. The van der Waals surface area contributed by atoms with Crippen LogP contribution in [-0.4, -0.2) is 33.1 Å². The van der Waals surface area contributed by atoms with Crippen molar-refractivity contribution < 1.29 is 19.4 Å². The van der Waals surface area contributed by atoms with Gasteiger partial charge in [-0.1, -0.05) is 84.6 Å². The quantitative estimate of drug-likeness (QED) is 0.255. The smallest absolute Gasteiger partial charge is 0.255 e. The molecule has 38 heavy (non-hydrogen) atoms. The largest absolute Gasteiger partial charge is 0.392 e. The molecule has 0 bridgehead atoms. The first-order valence-corrected chi connectivity index (χ1v) is 14.2. The summed E-state index contributed by atoms with van der Waals surface area (Å²) in [4.78, 5) is 12.7. The molecular weight excluding hydrogens is 518 g/mol. The number of aryl methyl sites for hydroxylation is 1. The molecule has 1 aliphatic heterocycles. The van der Waals surface area contributed by atoms with E-state index in [0.29, 0.717) is 17.0 Å². The van der Waals surface area contributed by atoms with Gasteiger partial charge in [0.05, 0.1) is 18.8 Å². The summed E-state index contributed by atoms with van der Waals surface area (Å²) >= 11 is 3.21. The second-order valence-corrected chi connectivity index (χ2v) is 11.6. The molecule has 4 atom stereocenters. The summed E-state index contributed by atoms with van der Waals surface area (Å²) in [6.45, 7) is 4.07. The zero-order chi connectivity index (χ0) is 26.5. The van der Waals surface area contributed by atoms with E-state index in [2.05, 4.69) is 22.4 Å². The molecule has 5 rings (SSSR count). The van der Waals surface area contributed by atoms with E-state index < -0.39 is 6.29 Å². The van der Waals surface area contributed by atoms with Crippen molar-refractivity contribution >= 4 is 34.7 Å². The van der Waals surface area contributed by atoms with Gasteiger partial charge in [0.15, 0.2) is 10.6 Å². The number of ether oxygens (including phenoxy) is 2. The summed E-state index contributed by atoms with van der Waals surface area (Å²) in [7, 11) is 0. The van der Waals surface area contributed by atoms with Crippen LogP contribution >= 0.6 is 23.1 Å². The number of amides is 1. The van der Waals surface area contributed by atoms with Crippen LogP contribution in [-0.2, 0) is 16.1 Å². The highest BCUT2D eigenvalue weighted by Gasteiger charge is 2.38. The summed E-state index contributed by atoms with van der Waals surface area (Å²) in [5.41, 5.74) is 3.96. The Balaban J connectivity index is 1.38. The number of hydrogen-bond acceptors (Lipinski definition) is 8. The van der Waals surface area contributed by atoms with Gasteiger partial charge in [0.25, 0.3) is 5.91 Å². The lowest BCUT2D eigenvalue weighted by Gasteiger charge is -2.41. The Bertz CT molecular complexity index is 1360. The lowest BCUT2D eigenvalue weighted by molar-refractivity contribution is -0.268. The summed E-state index contributed by atoms with van der Waals surface area (Å²) in [6, 6.07) is 24.5. The second-order valence-electron chi connectivity index (χ2n) is 9.17. The minimum Gasteiger partial charge on any atom is -0.392 e. The Morgan fingerprint density at radius 2 is 1.79 bits per heavy atom. The van der Waals surface area contributed by atoms with Gasteiger partial charge in [-0.15, -0.1) is 10.2 Å². The third kappa shape index (κ3) is 6.31. The van der Waals surface area contributed by atoms with Crippen LogP contribution in [0.15, 0.2) is 83.2 Å². The van der Waals surface area contributed by atoms with E-state index in [1.165, 1.54) is 0 Å². The predicted molar refractivity (Wildman–Crippen MR) is 149 cm³/mol. The number of anilines is 1. The van der Waals surface area contributed by atoms with E-state index in [9.17, 15) is 9.90 Å². The first kappa shape index (κ1) is 26.5. The van der Waals surface area contributed by atoms with Crippen molar-refractivity contribution in [1.82, 2.24) is 10.2 Å². The highest BCUT2D eigenvalue weighted by Crippen LogP contribution is 2.43. The standard InChI is InChI=1S/C29H29N3O4S2/c1-18-25(17-37-29-32-31-19(2)38-29)35-28(36-26(18)21-13-11-20(16-33)12-14-21)23-9-6-10-24(15-23)30-27(34)22-7-4-3-5-8-22/h3-15,18,25-26,28,33H,16-17H2,1-2H3,(H,30,34)/t18-,25+,26+,28+/m1/s1. The molecule has 0 aliphatic carbocycles. The molecule has 0 spiro atoms. The summed E-state index contributed by atoms with van der Waals surface area (Å²) in [6.07, 6.45) is -0.956. The van der Waals surface area contributed by atoms with Gasteiger partial charge in [-0.2, -0.15) is 0 Å². The maximum Gasteiger partial charge on any atom is 0.255 e. The van der Waals surface area contributed by atoms with Crippen molar-refractivity contribution in [3.8, 4) is 0 Å². The Kier molecular flexibility index (Phi) is 8.51. The highest BCUT2D eigenvalue weighted by atomic mass is 32.2. The molecule has 0 unspecified atom stereocenters. The van der Waals surface area contributed by atoms with E-state index in [4.69, 9.17) is 9.47 Å². The topological polar surface area (TPSA) is 93.6 Å². The molecule has 1 amide bonds. The molecule has 196 valence electrons. The van der Waals surface area contributed by atoms with Crippen LogP contribution in [0.1, 0.15) is 51.4 Å². The molecule has 1 fully saturated rings.